The van der Waals surface area contributed by atoms with E-state index in [0.29, 0.717) is 23.5 Å². The van der Waals surface area contributed by atoms with Gasteiger partial charge in [-0.15, -0.1) is 10.2 Å². The molecule has 0 spiro atoms. The molecular formula is C24H25F3N4O5. The SMILES string of the molecule is CC(C)C(COc1ccc(-c2nnc(C(F)(F)F)o2)cc1)Nc1ccc(C(=O)NCCC(=O)O)cc1. The van der Waals surface area contributed by atoms with Crippen LogP contribution in [0.2, 0.25) is 0 Å². The van der Waals surface area contributed by atoms with E-state index in [4.69, 9.17) is 9.84 Å². The van der Waals surface area contributed by atoms with Crippen LogP contribution in [0.5, 0.6) is 5.75 Å². The lowest BCUT2D eigenvalue weighted by atomic mass is 10.0. The molecule has 0 fully saturated rings. The van der Waals surface area contributed by atoms with Crippen molar-refractivity contribution in [2.24, 2.45) is 5.92 Å². The van der Waals surface area contributed by atoms with Gasteiger partial charge in [0.15, 0.2) is 0 Å². The predicted molar refractivity (Wildman–Crippen MR) is 124 cm³/mol. The van der Waals surface area contributed by atoms with Gasteiger partial charge in [-0.3, -0.25) is 9.59 Å². The zero-order valence-corrected chi connectivity index (χ0v) is 19.5. The van der Waals surface area contributed by atoms with Crippen molar-refractivity contribution in [3.63, 3.8) is 0 Å². The number of carboxylic acid groups (broad SMARTS) is 1. The average molecular weight is 506 g/mol. The molecule has 0 bridgehead atoms. The summed E-state index contributed by atoms with van der Waals surface area (Å²) >= 11 is 0. The van der Waals surface area contributed by atoms with Crippen LogP contribution in [-0.4, -0.2) is 46.4 Å². The second kappa shape index (κ2) is 11.6. The maximum absolute atomic E-state index is 12.6. The fraction of sp³-hybridized carbons (Fsp3) is 0.333. The smallest absolute Gasteiger partial charge is 0.470 e. The molecule has 0 aliphatic carbocycles. The van der Waals surface area contributed by atoms with E-state index >= 15 is 0 Å². The van der Waals surface area contributed by atoms with Gasteiger partial charge in [0.1, 0.15) is 12.4 Å². The van der Waals surface area contributed by atoms with Gasteiger partial charge in [0.25, 0.3) is 5.91 Å². The molecule has 2 aromatic carbocycles. The first kappa shape index (κ1) is 26.5. The highest BCUT2D eigenvalue weighted by Crippen LogP contribution is 2.30. The number of benzene rings is 2. The molecule has 9 nitrogen and oxygen atoms in total. The molecule has 3 N–H and O–H groups in total. The van der Waals surface area contributed by atoms with Gasteiger partial charge >= 0.3 is 18.0 Å². The minimum absolute atomic E-state index is 0.0470. The first-order valence-electron chi connectivity index (χ1n) is 11.0. The van der Waals surface area contributed by atoms with E-state index in [-0.39, 0.29) is 36.7 Å². The Bertz CT molecular complexity index is 1160. The van der Waals surface area contributed by atoms with E-state index in [1.54, 1.807) is 36.4 Å². The van der Waals surface area contributed by atoms with Crippen molar-refractivity contribution in [2.75, 3.05) is 18.5 Å². The minimum atomic E-state index is -4.71. The molecule has 0 saturated heterocycles. The number of aliphatic carboxylic acids is 1. The summed E-state index contributed by atoms with van der Waals surface area (Å²) in [5.41, 5.74) is 1.51. The molecule has 1 heterocycles. The molecule has 1 atom stereocenters. The fourth-order valence-corrected chi connectivity index (χ4v) is 3.05. The van der Waals surface area contributed by atoms with Gasteiger partial charge in [0.2, 0.25) is 5.89 Å². The zero-order valence-electron chi connectivity index (χ0n) is 19.5. The van der Waals surface area contributed by atoms with Crippen LogP contribution in [0.3, 0.4) is 0 Å². The fourth-order valence-electron chi connectivity index (χ4n) is 3.05. The molecule has 1 aromatic heterocycles. The molecule has 1 unspecified atom stereocenters. The third kappa shape index (κ3) is 7.45. The number of carbonyl (C=O) groups is 2. The number of carbonyl (C=O) groups excluding carboxylic acids is 1. The van der Waals surface area contributed by atoms with Crippen LogP contribution in [0.25, 0.3) is 11.5 Å². The number of rotatable bonds is 11. The first-order valence-corrected chi connectivity index (χ1v) is 11.0. The van der Waals surface area contributed by atoms with Crippen molar-refractivity contribution in [1.82, 2.24) is 15.5 Å². The van der Waals surface area contributed by atoms with Gasteiger partial charge in [-0.05, 0) is 54.4 Å². The molecule has 12 heteroatoms. The van der Waals surface area contributed by atoms with Gasteiger partial charge < -0.3 is 24.9 Å². The summed E-state index contributed by atoms with van der Waals surface area (Å²) in [5.74, 6) is -2.30. The molecule has 0 aliphatic rings. The van der Waals surface area contributed by atoms with Crippen LogP contribution in [-0.2, 0) is 11.0 Å². The van der Waals surface area contributed by atoms with Crippen LogP contribution in [0, 0.1) is 5.92 Å². The number of nitrogens with one attached hydrogen (secondary N) is 2. The van der Waals surface area contributed by atoms with E-state index in [2.05, 4.69) is 25.2 Å². The normalized spacial score (nSPS) is 12.3. The van der Waals surface area contributed by atoms with E-state index in [1.807, 2.05) is 13.8 Å². The predicted octanol–water partition coefficient (Wildman–Crippen LogP) is 4.48. The Hall–Kier alpha value is -4.09. The van der Waals surface area contributed by atoms with E-state index in [0.717, 1.165) is 5.69 Å². The summed E-state index contributed by atoms with van der Waals surface area (Å²) in [6, 6.07) is 12.9. The number of carboxylic acids is 1. The van der Waals surface area contributed by atoms with Gasteiger partial charge in [-0.1, -0.05) is 13.8 Å². The minimum Gasteiger partial charge on any atom is -0.491 e. The molecular weight excluding hydrogens is 481 g/mol. The molecule has 0 saturated carbocycles. The molecule has 3 rings (SSSR count). The van der Waals surface area contributed by atoms with Gasteiger partial charge in [0, 0.05) is 23.4 Å². The molecule has 3 aromatic rings. The summed E-state index contributed by atoms with van der Waals surface area (Å²) < 4.78 is 48.5. The second-order valence-electron chi connectivity index (χ2n) is 8.22. The van der Waals surface area contributed by atoms with Crippen LogP contribution < -0.4 is 15.4 Å². The summed E-state index contributed by atoms with van der Waals surface area (Å²) in [7, 11) is 0. The average Bonchev–Trinajstić information content (AvgIpc) is 3.33. The van der Waals surface area contributed by atoms with Crippen molar-refractivity contribution >= 4 is 17.6 Å². The summed E-state index contributed by atoms with van der Waals surface area (Å²) in [4.78, 5) is 22.6. The quantitative estimate of drug-likeness (QED) is 0.348. The van der Waals surface area contributed by atoms with Crippen LogP contribution in [0.1, 0.15) is 36.5 Å². The molecule has 0 aliphatic heterocycles. The van der Waals surface area contributed by atoms with Crippen molar-refractivity contribution in [1.29, 1.82) is 0 Å². The maximum Gasteiger partial charge on any atom is 0.470 e. The summed E-state index contributed by atoms with van der Waals surface area (Å²) in [6.07, 6.45) is -4.86. The van der Waals surface area contributed by atoms with E-state index < -0.39 is 18.0 Å². The number of ether oxygens (including phenoxy) is 1. The molecule has 192 valence electrons. The molecule has 36 heavy (non-hydrogen) atoms. The molecule has 0 radical (unpaired) electrons. The standard InChI is InChI=1S/C24H25F3N4O5/c1-14(2)19(29-17-7-3-15(4-8-17)21(34)28-12-11-20(32)33)13-35-18-9-5-16(6-10-18)22-30-31-23(36-22)24(25,26)27/h3-10,14,19,29H,11-13H2,1-2H3,(H,28,34)(H,32,33). The van der Waals surface area contributed by atoms with Crippen LogP contribution in [0.15, 0.2) is 52.9 Å². The van der Waals surface area contributed by atoms with Crippen molar-refractivity contribution in [2.45, 2.75) is 32.5 Å². The number of hydrogen-bond acceptors (Lipinski definition) is 7. The maximum atomic E-state index is 12.6. The Balaban J connectivity index is 1.55. The highest BCUT2D eigenvalue weighted by molar-refractivity contribution is 5.94. The Morgan fingerprint density at radius 1 is 1.06 bits per heavy atom. The number of halogens is 3. The Kier molecular flexibility index (Phi) is 8.51. The van der Waals surface area contributed by atoms with Gasteiger partial charge in [-0.25, -0.2) is 0 Å². The zero-order chi connectivity index (χ0) is 26.3. The molecule has 1 amide bonds. The summed E-state index contributed by atoms with van der Waals surface area (Å²) in [5, 5.41) is 21.0. The second-order valence-corrected chi connectivity index (χ2v) is 8.22. The lowest BCUT2D eigenvalue weighted by Gasteiger charge is -2.24. The Morgan fingerprint density at radius 3 is 2.28 bits per heavy atom. The van der Waals surface area contributed by atoms with Gasteiger partial charge in [0.05, 0.1) is 12.5 Å². The Labute approximate surface area is 204 Å². The number of nitrogens with zero attached hydrogens (tertiary/aromatic N) is 2. The lowest BCUT2D eigenvalue weighted by molar-refractivity contribution is -0.157. The first-order chi connectivity index (χ1) is 17.0. The van der Waals surface area contributed by atoms with Crippen molar-refractivity contribution in [3.8, 4) is 17.2 Å². The van der Waals surface area contributed by atoms with Crippen LogP contribution in [0.4, 0.5) is 18.9 Å². The highest BCUT2D eigenvalue weighted by Gasteiger charge is 2.38. The highest BCUT2D eigenvalue weighted by atomic mass is 19.4. The third-order valence-electron chi connectivity index (χ3n) is 5.13. The summed E-state index contributed by atoms with van der Waals surface area (Å²) in [6.45, 7) is 4.38. The number of alkyl halides is 3. The Morgan fingerprint density at radius 2 is 1.72 bits per heavy atom. The van der Waals surface area contributed by atoms with Gasteiger partial charge in [-0.2, -0.15) is 13.2 Å². The van der Waals surface area contributed by atoms with Crippen molar-refractivity contribution < 1.29 is 37.0 Å². The topological polar surface area (TPSA) is 127 Å². The van der Waals surface area contributed by atoms with Crippen LogP contribution >= 0.6 is 0 Å². The largest absolute Gasteiger partial charge is 0.491 e. The monoisotopic (exact) mass is 506 g/mol. The number of amides is 1. The number of aromatic nitrogens is 2. The number of hydrogen-bond donors (Lipinski definition) is 3. The lowest BCUT2D eigenvalue weighted by Crippen LogP contribution is -2.32. The van der Waals surface area contributed by atoms with Crippen molar-refractivity contribution in [3.05, 3.63) is 60.0 Å². The third-order valence-corrected chi connectivity index (χ3v) is 5.13. The van der Waals surface area contributed by atoms with E-state index in [9.17, 15) is 22.8 Å². The number of anilines is 1. The van der Waals surface area contributed by atoms with E-state index in [1.165, 1.54) is 12.1 Å².